The van der Waals surface area contributed by atoms with Crippen LogP contribution in [-0.4, -0.2) is 27.7 Å². The second-order valence-corrected chi connectivity index (χ2v) is 5.57. The summed E-state index contributed by atoms with van der Waals surface area (Å²) in [6.45, 7) is 0. The van der Waals surface area contributed by atoms with E-state index in [-0.39, 0.29) is 17.1 Å². The number of hydrogen-bond acceptors (Lipinski definition) is 4. The van der Waals surface area contributed by atoms with Crippen LogP contribution in [0.15, 0.2) is 44.3 Å². The Morgan fingerprint density at radius 3 is 2.30 bits per heavy atom. The quantitative estimate of drug-likeness (QED) is 0.745. The maximum atomic E-state index is 11.5. The molecule has 0 atom stereocenters. The Morgan fingerprint density at radius 1 is 1.15 bits per heavy atom. The van der Waals surface area contributed by atoms with Crippen molar-refractivity contribution in [3.8, 4) is 5.75 Å². The molecule has 2 N–H and O–H groups in total. The smallest absolute Gasteiger partial charge is 0.339 e. The first-order chi connectivity index (χ1) is 9.38. The van der Waals surface area contributed by atoms with E-state index in [1.54, 1.807) is 0 Å². The molecule has 2 rings (SSSR count). The third-order valence-electron chi connectivity index (χ3n) is 2.45. The number of carbonyl (C=O) groups excluding carboxylic acids is 1. The molecule has 1 aliphatic carbocycles. The van der Waals surface area contributed by atoms with Gasteiger partial charge in [0.2, 0.25) is 5.78 Å². The summed E-state index contributed by atoms with van der Waals surface area (Å²) in [5, 5.41) is 18.3. The molecule has 0 fully saturated rings. The molecular weight excluding hydrogens is 394 g/mol. The molecule has 0 saturated heterocycles. The molecule has 1 aromatic rings. The van der Waals surface area contributed by atoms with Crippen molar-refractivity contribution < 1.29 is 19.8 Å². The number of ketones is 1. The Kier molecular flexibility index (Phi) is 4.20. The molecule has 0 bridgehead atoms. The van der Waals surface area contributed by atoms with Gasteiger partial charge in [0.15, 0.2) is 0 Å². The molecule has 20 heavy (non-hydrogen) atoms. The molecule has 1 aliphatic rings. The van der Waals surface area contributed by atoms with Crippen LogP contribution < -0.4 is 0 Å². The van der Waals surface area contributed by atoms with Crippen LogP contribution >= 0.6 is 31.9 Å². The van der Waals surface area contributed by atoms with Gasteiger partial charge >= 0.3 is 5.97 Å². The van der Waals surface area contributed by atoms with Crippen molar-refractivity contribution in [3.63, 3.8) is 0 Å². The van der Waals surface area contributed by atoms with Gasteiger partial charge < -0.3 is 10.2 Å². The lowest BCUT2D eigenvalue weighted by atomic mass is 10.1. The van der Waals surface area contributed by atoms with Crippen molar-refractivity contribution in [1.29, 1.82) is 0 Å². The van der Waals surface area contributed by atoms with E-state index in [9.17, 15) is 14.7 Å². The van der Waals surface area contributed by atoms with Crippen LogP contribution in [0.4, 0.5) is 5.69 Å². The van der Waals surface area contributed by atoms with Gasteiger partial charge in [-0.3, -0.25) is 4.79 Å². The van der Waals surface area contributed by atoms with Crippen molar-refractivity contribution in [3.05, 3.63) is 44.9 Å². The highest BCUT2D eigenvalue weighted by atomic mass is 79.9. The van der Waals surface area contributed by atoms with Gasteiger partial charge in [0.05, 0.1) is 20.4 Å². The van der Waals surface area contributed by atoms with E-state index >= 15 is 0 Å². The van der Waals surface area contributed by atoms with Gasteiger partial charge in [-0.1, -0.05) is 0 Å². The molecule has 0 saturated carbocycles. The van der Waals surface area contributed by atoms with Crippen molar-refractivity contribution in [1.82, 2.24) is 0 Å². The Labute approximate surface area is 130 Å². The van der Waals surface area contributed by atoms with Crippen LogP contribution in [-0.2, 0) is 4.79 Å². The number of aliphatic imine (C=N–C) groups is 1. The van der Waals surface area contributed by atoms with Crippen LogP contribution in [0.3, 0.4) is 0 Å². The van der Waals surface area contributed by atoms with E-state index < -0.39 is 5.97 Å². The van der Waals surface area contributed by atoms with Crippen LogP contribution in [0.1, 0.15) is 10.4 Å². The van der Waals surface area contributed by atoms with Gasteiger partial charge in [-0.15, -0.1) is 0 Å². The zero-order valence-electron chi connectivity index (χ0n) is 9.80. The number of rotatable bonds is 2. The standard InChI is InChI=1S/C13H7Br2NO4/c14-9-4-7(5-10(15)12(9)18)16-6-1-2-11(17)8(3-6)13(19)20/h1-5,17H,(H,19,20). The predicted octanol–water partition coefficient (Wildman–Crippen LogP) is 3.30. The fourth-order valence-electron chi connectivity index (χ4n) is 1.53. The first-order valence-corrected chi connectivity index (χ1v) is 6.91. The number of phenols is 1. The number of carbonyl (C=O) groups is 2. The highest BCUT2D eigenvalue weighted by Gasteiger charge is 2.17. The second-order valence-electron chi connectivity index (χ2n) is 3.86. The lowest BCUT2D eigenvalue weighted by molar-refractivity contribution is -0.110. The molecule has 0 aromatic heterocycles. The van der Waals surface area contributed by atoms with Gasteiger partial charge in [-0.2, -0.15) is 0 Å². The number of Topliss-reactive ketones (excluding diaryl/α,β-unsaturated/α-hetero) is 1. The van der Waals surface area contributed by atoms with E-state index in [4.69, 9.17) is 5.11 Å². The predicted molar refractivity (Wildman–Crippen MR) is 81.2 cm³/mol. The summed E-state index contributed by atoms with van der Waals surface area (Å²) in [5.41, 5.74) is 0.604. The Hall–Kier alpha value is -1.73. The maximum Gasteiger partial charge on any atom is 0.339 e. The van der Waals surface area contributed by atoms with E-state index in [0.29, 0.717) is 20.4 Å². The van der Waals surface area contributed by atoms with E-state index in [1.165, 1.54) is 30.4 Å². The molecule has 5 nitrogen and oxygen atoms in total. The van der Waals surface area contributed by atoms with Crippen molar-refractivity contribution in [2.45, 2.75) is 0 Å². The molecule has 1 aromatic carbocycles. The molecular formula is C13H7Br2NO4. The topological polar surface area (TPSA) is 87.0 Å². The van der Waals surface area contributed by atoms with Crippen LogP contribution in [0.25, 0.3) is 0 Å². The maximum absolute atomic E-state index is 11.5. The van der Waals surface area contributed by atoms with E-state index in [0.717, 1.165) is 0 Å². The summed E-state index contributed by atoms with van der Waals surface area (Å²) in [4.78, 5) is 26.7. The van der Waals surface area contributed by atoms with Gasteiger partial charge in [0.1, 0.15) is 11.3 Å². The van der Waals surface area contributed by atoms with Gasteiger partial charge in [-0.05, 0) is 62.2 Å². The Morgan fingerprint density at radius 2 is 1.75 bits per heavy atom. The number of halogens is 2. The summed E-state index contributed by atoms with van der Waals surface area (Å²) in [6, 6.07) is 3.99. The fourth-order valence-corrected chi connectivity index (χ4v) is 2.69. The molecule has 0 amide bonds. The number of aromatic carboxylic acids is 1. The first-order valence-electron chi connectivity index (χ1n) is 5.32. The summed E-state index contributed by atoms with van der Waals surface area (Å²) in [5.74, 6) is -1.76. The van der Waals surface area contributed by atoms with Gasteiger partial charge in [0, 0.05) is 0 Å². The number of allylic oxidation sites excluding steroid dienone is 4. The third-order valence-corrected chi connectivity index (χ3v) is 3.63. The van der Waals surface area contributed by atoms with E-state index in [2.05, 4.69) is 36.9 Å². The van der Waals surface area contributed by atoms with Gasteiger partial charge in [0.25, 0.3) is 0 Å². The zero-order valence-corrected chi connectivity index (χ0v) is 13.0. The average molecular weight is 401 g/mol. The minimum atomic E-state index is -1.24. The van der Waals surface area contributed by atoms with E-state index in [1.807, 2.05) is 0 Å². The summed E-state index contributed by atoms with van der Waals surface area (Å²) in [7, 11) is 0. The minimum absolute atomic E-state index is 0.194. The van der Waals surface area contributed by atoms with Crippen LogP contribution in [0.2, 0.25) is 0 Å². The minimum Gasteiger partial charge on any atom is -0.507 e. The van der Waals surface area contributed by atoms with Crippen molar-refractivity contribution >= 4 is 55.0 Å². The molecule has 0 aliphatic heterocycles. The normalized spacial score (nSPS) is 14.7. The summed E-state index contributed by atoms with van der Waals surface area (Å²) in [6.07, 6.45) is 3.06. The summed E-state index contributed by atoms with van der Waals surface area (Å²) >= 11 is 6.25. The van der Waals surface area contributed by atoms with Crippen molar-refractivity contribution in [2.75, 3.05) is 0 Å². The molecule has 102 valence electrons. The Bertz CT molecular complexity index is 680. The first kappa shape index (κ1) is 14.7. The van der Waals surface area contributed by atoms with Crippen molar-refractivity contribution in [2.24, 2.45) is 4.99 Å². The third kappa shape index (κ3) is 3.05. The second kappa shape index (κ2) is 5.72. The number of carboxylic acid groups (broad SMARTS) is 1. The van der Waals surface area contributed by atoms with Gasteiger partial charge in [-0.25, -0.2) is 9.79 Å². The fraction of sp³-hybridized carbons (Fsp3) is 0. The molecule has 0 heterocycles. The molecule has 0 unspecified atom stereocenters. The summed E-state index contributed by atoms with van der Waals surface area (Å²) < 4.78 is 0.700. The number of hydrogen-bond donors (Lipinski definition) is 2. The number of benzene rings is 1. The highest BCUT2D eigenvalue weighted by Crippen LogP contribution is 2.26. The molecule has 7 heteroatoms. The number of aromatic hydroxyl groups is 1. The highest BCUT2D eigenvalue weighted by molar-refractivity contribution is 9.13. The lowest BCUT2D eigenvalue weighted by Gasteiger charge is -2.07. The number of carboxylic acids is 1. The monoisotopic (exact) mass is 399 g/mol. The van der Waals surface area contributed by atoms with Crippen LogP contribution in [0.5, 0.6) is 5.75 Å². The SMILES string of the molecule is O=C1C(Br)=CC(=Nc2ccc(O)c(C(=O)O)c2)C=C1Br. The number of nitrogens with zero attached hydrogens (tertiary/aromatic N) is 1. The van der Waals surface area contributed by atoms with Crippen LogP contribution in [0, 0.1) is 0 Å². The lowest BCUT2D eigenvalue weighted by Crippen LogP contribution is -2.07. The Balaban J connectivity index is 2.44. The molecule has 0 radical (unpaired) electrons. The molecule has 0 spiro atoms. The largest absolute Gasteiger partial charge is 0.507 e. The zero-order chi connectivity index (χ0) is 14.9. The average Bonchev–Trinajstić information content (AvgIpc) is 2.38.